The first-order valence-electron chi connectivity index (χ1n) is 13.2. The minimum absolute atomic E-state index is 0.000658. The molecule has 4 fully saturated rings. The van der Waals surface area contributed by atoms with Gasteiger partial charge in [-0.25, -0.2) is 4.68 Å². The highest BCUT2D eigenvalue weighted by Gasteiger charge is 2.55. The molecule has 4 bridgehead atoms. The summed E-state index contributed by atoms with van der Waals surface area (Å²) in [7, 11) is 0. The van der Waals surface area contributed by atoms with E-state index in [0.717, 1.165) is 38.5 Å². The SMILES string of the molecule is CCCC(=O)NC(C)(C)/C=C/n1ncc(C(=O)N[C@H]2C3CC4CC2C[C@](O)(C4)C3)c1OCC(C)C. The van der Waals surface area contributed by atoms with Crippen molar-refractivity contribution < 1.29 is 19.4 Å². The van der Waals surface area contributed by atoms with Crippen molar-refractivity contribution in [3.05, 3.63) is 17.8 Å². The molecule has 4 saturated carbocycles. The summed E-state index contributed by atoms with van der Waals surface area (Å²) in [6.45, 7) is 10.4. The van der Waals surface area contributed by atoms with Gasteiger partial charge >= 0.3 is 0 Å². The number of hydrogen-bond acceptors (Lipinski definition) is 5. The zero-order valence-corrected chi connectivity index (χ0v) is 21.8. The molecule has 4 aliphatic carbocycles. The van der Waals surface area contributed by atoms with Gasteiger partial charge in [-0.15, -0.1) is 0 Å². The van der Waals surface area contributed by atoms with Crippen LogP contribution in [0.4, 0.5) is 0 Å². The van der Waals surface area contributed by atoms with Gasteiger partial charge in [0.25, 0.3) is 5.91 Å². The number of carbonyl (C=O) groups excluding carboxylic acids is 2. The zero-order valence-electron chi connectivity index (χ0n) is 21.8. The van der Waals surface area contributed by atoms with Gasteiger partial charge in [0.1, 0.15) is 5.56 Å². The van der Waals surface area contributed by atoms with E-state index in [1.807, 2.05) is 26.8 Å². The number of amides is 2. The first-order valence-corrected chi connectivity index (χ1v) is 13.2. The van der Waals surface area contributed by atoms with Gasteiger partial charge in [-0.1, -0.05) is 20.8 Å². The number of aromatic nitrogens is 2. The number of nitrogens with zero attached hydrogens (tertiary/aromatic N) is 2. The molecule has 2 unspecified atom stereocenters. The van der Waals surface area contributed by atoms with Crippen LogP contribution in [0.1, 0.15) is 89.9 Å². The second-order valence-electron chi connectivity index (χ2n) is 12.0. The number of ether oxygens (including phenoxy) is 1. The molecule has 5 rings (SSSR count). The van der Waals surface area contributed by atoms with Crippen molar-refractivity contribution in [2.24, 2.45) is 23.7 Å². The average molecular weight is 487 g/mol. The minimum Gasteiger partial charge on any atom is -0.477 e. The maximum absolute atomic E-state index is 13.4. The van der Waals surface area contributed by atoms with Gasteiger partial charge in [0.15, 0.2) is 0 Å². The third-order valence-corrected chi connectivity index (χ3v) is 7.66. The van der Waals surface area contributed by atoms with Crippen LogP contribution in [0.3, 0.4) is 0 Å². The predicted molar refractivity (Wildman–Crippen MR) is 135 cm³/mol. The number of hydrogen-bond donors (Lipinski definition) is 3. The van der Waals surface area contributed by atoms with Crippen LogP contribution in [0.25, 0.3) is 6.20 Å². The van der Waals surface area contributed by atoms with Crippen LogP contribution in [-0.2, 0) is 4.79 Å². The molecule has 1 aromatic heterocycles. The lowest BCUT2D eigenvalue weighted by atomic mass is 9.52. The normalized spacial score (nSPS) is 29.7. The van der Waals surface area contributed by atoms with Crippen LogP contribution in [0.5, 0.6) is 5.88 Å². The molecule has 1 heterocycles. The molecule has 2 atom stereocenters. The summed E-state index contributed by atoms with van der Waals surface area (Å²) in [5.41, 5.74) is -0.690. The van der Waals surface area contributed by atoms with Gasteiger partial charge in [0.2, 0.25) is 11.8 Å². The Balaban J connectivity index is 1.50. The second-order valence-corrected chi connectivity index (χ2v) is 12.0. The van der Waals surface area contributed by atoms with E-state index >= 15 is 0 Å². The Bertz CT molecular complexity index is 950. The van der Waals surface area contributed by atoms with Gasteiger partial charge < -0.3 is 20.5 Å². The Morgan fingerprint density at radius 3 is 2.57 bits per heavy atom. The van der Waals surface area contributed by atoms with Gasteiger partial charge in [-0.05, 0) is 82.1 Å². The van der Waals surface area contributed by atoms with Crippen molar-refractivity contribution in [3.63, 3.8) is 0 Å². The maximum Gasteiger partial charge on any atom is 0.258 e. The van der Waals surface area contributed by atoms with Crippen molar-refractivity contribution in [2.75, 3.05) is 6.61 Å². The molecule has 4 aliphatic rings. The largest absolute Gasteiger partial charge is 0.477 e. The summed E-state index contributed by atoms with van der Waals surface area (Å²) < 4.78 is 7.63. The predicted octanol–water partition coefficient (Wildman–Crippen LogP) is 3.75. The van der Waals surface area contributed by atoms with E-state index in [1.165, 1.54) is 0 Å². The van der Waals surface area contributed by atoms with Crippen molar-refractivity contribution in [1.82, 2.24) is 20.4 Å². The van der Waals surface area contributed by atoms with Crippen molar-refractivity contribution in [1.29, 1.82) is 0 Å². The Labute approximate surface area is 208 Å². The fourth-order valence-corrected chi connectivity index (χ4v) is 6.40. The van der Waals surface area contributed by atoms with E-state index < -0.39 is 11.1 Å². The summed E-state index contributed by atoms with van der Waals surface area (Å²) in [5, 5.41) is 21.6. The van der Waals surface area contributed by atoms with E-state index in [-0.39, 0.29) is 23.8 Å². The van der Waals surface area contributed by atoms with Crippen molar-refractivity contribution >= 4 is 18.0 Å². The van der Waals surface area contributed by atoms with Crippen LogP contribution < -0.4 is 15.4 Å². The third kappa shape index (κ3) is 5.90. The number of nitrogens with one attached hydrogen (secondary N) is 2. The van der Waals surface area contributed by atoms with Gasteiger partial charge in [-0.3, -0.25) is 9.59 Å². The molecule has 2 amide bonds. The number of aliphatic hydroxyl groups is 1. The Kier molecular flexibility index (Phi) is 7.32. The quantitative estimate of drug-likeness (QED) is 0.467. The minimum atomic E-state index is -0.573. The second kappa shape index (κ2) is 9.96. The molecule has 8 heteroatoms. The monoisotopic (exact) mass is 486 g/mol. The lowest BCUT2D eigenvalue weighted by Gasteiger charge is -2.58. The third-order valence-electron chi connectivity index (χ3n) is 7.66. The smallest absolute Gasteiger partial charge is 0.258 e. The molecule has 1 aromatic rings. The summed E-state index contributed by atoms with van der Waals surface area (Å²) in [4.78, 5) is 25.5. The Hall–Kier alpha value is -2.35. The maximum atomic E-state index is 13.4. The lowest BCUT2D eigenvalue weighted by Crippen LogP contribution is -2.61. The number of rotatable bonds is 10. The lowest BCUT2D eigenvalue weighted by molar-refractivity contribution is -0.137. The molecule has 0 radical (unpaired) electrons. The summed E-state index contributed by atoms with van der Waals surface area (Å²) in [6.07, 6.45) is 11.1. The van der Waals surface area contributed by atoms with Gasteiger partial charge in [0, 0.05) is 18.7 Å². The molecule has 0 aliphatic heterocycles. The van der Waals surface area contributed by atoms with E-state index in [0.29, 0.717) is 42.2 Å². The Morgan fingerprint density at radius 1 is 1.29 bits per heavy atom. The average Bonchev–Trinajstić information content (AvgIpc) is 3.15. The van der Waals surface area contributed by atoms with E-state index in [1.54, 1.807) is 17.1 Å². The summed E-state index contributed by atoms with van der Waals surface area (Å²) in [5.74, 6) is 1.77. The van der Waals surface area contributed by atoms with Crippen molar-refractivity contribution in [3.8, 4) is 5.88 Å². The van der Waals surface area contributed by atoms with E-state index in [4.69, 9.17) is 4.74 Å². The highest BCUT2D eigenvalue weighted by Crippen LogP contribution is 2.55. The molecule has 0 aromatic carbocycles. The van der Waals surface area contributed by atoms with Gasteiger partial charge in [0.05, 0.1) is 23.9 Å². The van der Waals surface area contributed by atoms with Crippen LogP contribution in [0, 0.1) is 23.7 Å². The first kappa shape index (κ1) is 25.7. The molecule has 0 spiro atoms. The zero-order chi connectivity index (χ0) is 25.4. The van der Waals surface area contributed by atoms with Crippen LogP contribution in [0.2, 0.25) is 0 Å². The number of carbonyl (C=O) groups is 2. The van der Waals surface area contributed by atoms with E-state index in [9.17, 15) is 14.7 Å². The van der Waals surface area contributed by atoms with Crippen molar-refractivity contribution in [2.45, 2.75) is 96.7 Å². The molecular formula is C27H42N4O4. The summed E-state index contributed by atoms with van der Waals surface area (Å²) in [6, 6.07) is 0.0869. The van der Waals surface area contributed by atoms with Crippen LogP contribution in [-0.4, -0.2) is 50.5 Å². The molecule has 0 saturated heterocycles. The molecule has 3 N–H and O–H groups in total. The molecule has 35 heavy (non-hydrogen) atoms. The Morgan fingerprint density at radius 2 is 1.97 bits per heavy atom. The van der Waals surface area contributed by atoms with Gasteiger partial charge in [-0.2, -0.15) is 5.10 Å². The molecule has 194 valence electrons. The van der Waals surface area contributed by atoms with Crippen LogP contribution >= 0.6 is 0 Å². The topological polar surface area (TPSA) is 105 Å². The highest BCUT2D eigenvalue weighted by atomic mass is 16.5. The first-order chi connectivity index (χ1) is 16.5. The fourth-order valence-electron chi connectivity index (χ4n) is 6.40. The standard InChI is InChI=1S/C27H42N4O4/c1-6-7-22(32)30-26(4,5)8-9-31-25(35-16-17(2)3)21(15-28-31)24(33)29-23-19-10-18-11-20(23)14-27(34,12-18)13-19/h8-9,15,17-20,23,34H,6-7,10-14,16H2,1-5H3,(H,29,33)(H,30,32)/b9-8+/t18?,19?,20?,23-,27-. The van der Waals surface area contributed by atoms with Crippen LogP contribution in [0.15, 0.2) is 12.3 Å². The molecular weight excluding hydrogens is 444 g/mol. The summed E-state index contributed by atoms with van der Waals surface area (Å²) >= 11 is 0. The fraction of sp³-hybridized carbons (Fsp3) is 0.741. The highest BCUT2D eigenvalue weighted by molar-refractivity contribution is 5.96. The van der Waals surface area contributed by atoms with E-state index in [2.05, 4.69) is 29.6 Å². The molecule has 8 nitrogen and oxygen atoms in total.